The molecule has 3 heterocycles. The lowest BCUT2D eigenvalue weighted by Gasteiger charge is -2.10. The minimum absolute atomic E-state index is 0.111. The van der Waals surface area contributed by atoms with Crippen molar-refractivity contribution < 1.29 is 9.53 Å². The van der Waals surface area contributed by atoms with Crippen molar-refractivity contribution >= 4 is 34.6 Å². The fraction of sp³-hybridized carbons (Fsp3) is 0.333. The van der Waals surface area contributed by atoms with Crippen molar-refractivity contribution in [1.29, 1.82) is 0 Å². The molecule has 0 bridgehead atoms. The molecule has 0 spiro atoms. The monoisotopic (exact) mass is 428 g/mol. The number of hydrogen-bond acceptors (Lipinski definition) is 6. The van der Waals surface area contributed by atoms with E-state index in [-0.39, 0.29) is 12.0 Å². The smallest absolute Gasteiger partial charge is 0.305 e. The number of aromatic nitrogens is 3. The fourth-order valence-corrected chi connectivity index (χ4v) is 4.92. The second kappa shape index (κ2) is 8.08. The van der Waals surface area contributed by atoms with Gasteiger partial charge in [0.2, 0.25) is 0 Å². The van der Waals surface area contributed by atoms with Crippen LogP contribution in [0.1, 0.15) is 53.5 Å². The molecule has 0 saturated carbocycles. The number of carbonyl (C=O) groups is 1. The van der Waals surface area contributed by atoms with Gasteiger partial charge in [-0.2, -0.15) is 0 Å². The fourth-order valence-electron chi connectivity index (χ4n) is 3.49. The van der Waals surface area contributed by atoms with Crippen molar-refractivity contribution in [2.45, 2.75) is 39.2 Å². The van der Waals surface area contributed by atoms with Gasteiger partial charge in [0.1, 0.15) is 16.9 Å². The van der Waals surface area contributed by atoms with Crippen molar-refractivity contribution in [3.63, 3.8) is 0 Å². The maximum atomic E-state index is 11.6. The van der Waals surface area contributed by atoms with Gasteiger partial charge in [0, 0.05) is 21.0 Å². The third-order valence-corrected chi connectivity index (χ3v) is 6.48. The van der Waals surface area contributed by atoms with E-state index in [1.807, 2.05) is 31.2 Å². The van der Waals surface area contributed by atoms with Gasteiger partial charge in [-0.15, -0.1) is 21.5 Å². The highest BCUT2D eigenvalue weighted by molar-refractivity contribution is 7.15. The van der Waals surface area contributed by atoms with E-state index in [0.717, 1.165) is 44.8 Å². The number of ether oxygens (including phenoxy) is 1. The third kappa shape index (κ3) is 3.60. The standard InChI is InChI=1S/C21H21ClN4O2S/c1-4-17-20-25-24-12(2)26(20)21-15(11-13(29-21)9-10-18(27)28-3)19(23-17)14-7-5-6-8-16(14)22/h5-8,11,17H,4,9-10H2,1-3H3. The summed E-state index contributed by atoms with van der Waals surface area (Å²) in [5.74, 6) is 1.42. The predicted molar refractivity (Wildman–Crippen MR) is 114 cm³/mol. The first-order valence-electron chi connectivity index (χ1n) is 9.48. The molecule has 8 heteroatoms. The van der Waals surface area contributed by atoms with Gasteiger partial charge in [-0.05, 0) is 31.9 Å². The average Bonchev–Trinajstić information content (AvgIpc) is 3.28. The van der Waals surface area contributed by atoms with E-state index in [2.05, 4.69) is 27.8 Å². The molecule has 0 N–H and O–H groups in total. The molecule has 0 aliphatic carbocycles. The number of benzene rings is 1. The van der Waals surface area contributed by atoms with E-state index in [4.69, 9.17) is 21.3 Å². The number of methoxy groups -OCH3 is 1. The number of esters is 1. The number of hydrogen-bond donors (Lipinski definition) is 0. The highest BCUT2D eigenvalue weighted by atomic mass is 35.5. The SMILES string of the molecule is CCC1N=C(c2ccccc2Cl)c2cc(CCC(=O)OC)sc2-n2c(C)nnc21. The van der Waals surface area contributed by atoms with Crippen LogP contribution >= 0.6 is 22.9 Å². The van der Waals surface area contributed by atoms with Gasteiger partial charge in [0.05, 0.1) is 19.2 Å². The first-order chi connectivity index (χ1) is 14.0. The first kappa shape index (κ1) is 19.8. The van der Waals surface area contributed by atoms with Crippen LogP contribution in [0.3, 0.4) is 0 Å². The van der Waals surface area contributed by atoms with E-state index >= 15 is 0 Å². The molecule has 1 atom stereocenters. The van der Waals surface area contributed by atoms with E-state index < -0.39 is 0 Å². The second-order valence-corrected chi connectivity index (χ2v) is 8.35. The minimum Gasteiger partial charge on any atom is -0.469 e. The van der Waals surface area contributed by atoms with E-state index in [0.29, 0.717) is 17.9 Å². The summed E-state index contributed by atoms with van der Waals surface area (Å²) in [4.78, 5) is 17.8. The molecule has 0 fully saturated rings. The number of halogens is 1. The summed E-state index contributed by atoms with van der Waals surface area (Å²) in [6.07, 6.45) is 1.74. The summed E-state index contributed by atoms with van der Waals surface area (Å²) in [5, 5.41) is 10.4. The molecule has 150 valence electrons. The molecule has 6 nitrogen and oxygen atoms in total. The first-order valence-corrected chi connectivity index (χ1v) is 10.7. The zero-order chi connectivity index (χ0) is 20.5. The molecule has 0 radical (unpaired) electrons. The van der Waals surface area contributed by atoms with Crippen LogP contribution in [0, 0.1) is 6.92 Å². The van der Waals surface area contributed by atoms with Gasteiger partial charge in [-0.25, -0.2) is 0 Å². The van der Waals surface area contributed by atoms with Gasteiger partial charge in [0.25, 0.3) is 0 Å². The van der Waals surface area contributed by atoms with Crippen LogP contribution < -0.4 is 0 Å². The molecule has 3 aromatic rings. The summed E-state index contributed by atoms with van der Waals surface area (Å²) in [7, 11) is 1.41. The lowest BCUT2D eigenvalue weighted by atomic mass is 10.0. The van der Waals surface area contributed by atoms with Gasteiger partial charge in [0.15, 0.2) is 5.82 Å². The molecule has 1 unspecified atom stereocenters. The normalized spacial score (nSPS) is 15.3. The number of nitrogens with zero attached hydrogens (tertiary/aromatic N) is 4. The topological polar surface area (TPSA) is 69.4 Å². The zero-order valence-electron chi connectivity index (χ0n) is 16.5. The Morgan fingerprint density at radius 2 is 2.07 bits per heavy atom. The molecule has 4 rings (SSSR count). The summed E-state index contributed by atoms with van der Waals surface area (Å²) < 4.78 is 6.88. The lowest BCUT2D eigenvalue weighted by Crippen LogP contribution is -2.06. The van der Waals surface area contributed by atoms with Crippen molar-refractivity contribution in [3.05, 3.63) is 63.0 Å². The molecule has 0 saturated heterocycles. The number of rotatable bonds is 5. The van der Waals surface area contributed by atoms with Crippen LogP contribution in [-0.4, -0.2) is 33.6 Å². The van der Waals surface area contributed by atoms with Crippen molar-refractivity contribution in [3.8, 4) is 5.00 Å². The van der Waals surface area contributed by atoms with Gasteiger partial charge >= 0.3 is 5.97 Å². The third-order valence-electron chi connectivity index (χ3n) is 4.97. The van der Waals surface area contributed by atoms with Crippen molar-refractivity contribution in [2.24, 2.45) is 4.99 Å². The van der Waals surface area contributed by atoms with E-state index in [1.54, 1.807) is 11.3 Å². The molecule has 2 aromatic heterocycles. The average molecular weight is 429 g/mol. The highest BCUT2D eigenvalue weighted by Gasteiger charge is 2.29. The molecule has 0 amide bonds. The molecule has 1 aromatic carbocycles. The largest absolute Gasteiger partial charge is 0.469 e. The Morgan fingerprint density at radius 3 is 2.79 bits per heavy atom. The van der Waals surface area contributed by atoms with Gasteiger partial charge in [-0.1, -0.05) is 36.7 Å². The summed E-state index contributed by atoms with van der Waals surface area (Å²) >= 11 is 8.17. The summed E-state index contributed by atoms with van der Waals surface area (Å²) in [6, 6.07) is 9.73. The van der Waals surface area contributed by atoms with Gasteiger partial charge < -0.3 is 4.74 Å². The number of thiophene rings is 1. The van der Waals surface area contributed by atoms with Crippen LogP contribution in [0.25, 0.3) is 5.00 Å². The number of fused-ring (bicyclic) bond motifs is 3. The second-order valence-electron chi connectivity index (χ2n) is 6.83. The Balaban J connectivity index is 1.90. The Bertz CT molecular complexity index is 1100. The number of aryl methyl sites for hydroxylation is 2. The van der Waals surface area contributed by atoms with Gasteiger partial charge in [-0.3, -0.25) is 14.4 Å². The highest BCUT2D eigenvalue weighted by Crippen LogP contribution is 2.38. The van der Waals surface area contributed by atoms with Crippen LogP contribution in [0.2, 0.25) is 5.02 Å². The summed E-state index contributed by atoms with van der Waals surface area (Å²) in [5.41, 5.74) is 2.73. The molecular formula is C21H21ClN4O2S. The predicted octanol–water partition coefficient (Wildman–Crippen LogP) is 4.70. The lowest BCUT2D eigenvalue weighted by molar-refractivity contribution is -0.140. The Hall–Kier alpha value is -2.51. The van der Waals surface area contributed by atoms with Crippen LogP contribution in [0.5, 0.6) is 0 Å². The quantitative estimate of drug-likeness (QED) is 0.552. The number of aliphatic imine (C=N–C) groups is 1. The number of carbonyl (C=O) groups excluding carboxylic acids is 1. The Morgan fingerprint density at radius 1 is 1.28 bits per heavy atom. The van der Waals surface area contributed by atoms with Crippen molar-refractivity contribution in [1.82, 2.24) is 14.8 Å². The van der Waals surface area contributed by atoms with Crippen LogP contribution in [0.15, 0.2) is 35.3 Å². The summed E-state index contributed by atoms with van der Waals surface area (Å²) in [6.45, 7) is 4.04. The zero-order valence-corrected chi connectivity index (χ0v) is 18.0. The molecule has 29 heavy (non-hydrogen) atoms. The minimum atomic E-state index is -0.221. The van der Waals surface area contributed by atoms with Crippen molar-refractivity contribution in [2.75, 3.05) is 7.11 Å². The maximum Gasteiger partial charge on any atom is 0.305 e. The Kier molecular flexibility index (Phi) is 5.52. The van der Waals surface area contributed by atoms with E-state index in [1.165, 1.54) is 7.11 Å². The molecule has 1 aliphatic heterocycles. The maximum absolute atomic E-state index is 11.6. The molecule has 1 aliphatic rings. The Labute approximate surface area is 178 Å². The van der Waals surface area contributed by atoms with E-state index in [9.17, 15) is 4.79 Å². The van der Waals surface area contributed by atoms with Crippen LogP contribution in [-0.2, 0) is 16.0 Å². The molecular weight excluding hydrogens is 408 g/mol. The van der Waals surface area contributed by atoms with Crippen LogP contribution in [0.4, 0.5) is 0 Å².